The smallest absolute Gasteiger partial charge is 0.196 e. The Morgan fingerprint density at radius 2 is 1.95 bits per heavy atom. The van der Waals surface area contributed by atoms with Crippen LogP contribution in [-0.2, 0) is 0 Å². The molecule has 0 amide bonds. The van der Waals surface area contributed by atoms with Crippen molar-refractivity contribution in [3.05, 3.63) is 41.0 Å². The summed E-state index contributed by atoms with van der Waals surface area (Å²) in [4.78, 5) is 0. The highest BCUT2D eigenvalue weighted by Gasteiger charge is 2.20. The fraction of sp³-hybridized carbons (Fsp3) is 0.429. The summed E-state index contributed by atoms with van der Waals surface area (Å²) in [7, 11) is 0. The van der Waals surface area contributed by atoms with Crippen molar-refractivity contribution < 1.29 is 13.2 Å². The molecule has 0 fully saturated rings. The molecule has 114 valence electrons. The van der Waals surface area contributed by atoms with E-state index in [1.54, 1.807) is 6.92 Å². The monoisotopic (exact) mass is 298 g/mol. The van der Waals surface area contributed by atoms with Gasteiger partial charge in [0.1, 0.15) is 11.4 Å². The lowest BCUT2D eigenvalue weighted by Gasteiger charge is -2.11. The molecule has 1 heterocycles. The molecular formula is C14H17F3N4. The Bertz CT molecular complexity index is 639. The van der Waals surface area contributed by atoms with Crippen LogP contribution in [0.5, 0.6) is 0 Å². The van der Waals surface area contributed by atoms with Gasteiger partial charge in [-0.3, -0.25) is 0 Å². The van der Waals surface area contributed by atoms with Crippen molar-refractivity contribution in [3.8, 4) is 5.69 Å². The fourth-order valence-electron chi connectivity index (χ4n) is 2.11. The predicted octanol–water partition coefficient (Wildman–Crippen LogP) is 3.05. The van der Waals surface area contributed by atoms with E-state index in [2.05, 4.69) is 15.6 Å². The first-order valence-corrected chi connectivity index (χ1v) is 6.76. The average molecular weight is 298 g/mol. The van der Waals surface area contributed by atoms with Crippen LogP contribution in [0.15, 0.2) is 12.1 Å². The van der Waals surface area contributed by atoms with Crippen molar-refractivity contribution in [1.82, 2.24) is 20.3 Å². The molecule has 0 aliphatic heterocycles. The summed E-state index contributed by atoms with van der Waals surface area (Å²) in [6.07, 6.45) is 0.968. The Kier molecular flexibility index (Phi) is 4.62. The zero-order valence-corrected chi connectivity index (χ0v) is 12.1. The van der Waals surface area contributed by atoms with E-state index >= 15 is 0 Å². The number of aromatic nitrogens is 3. The molecule has 0 spiro atoms. The van der Waals surface area contributed by atoms with Crippen molar-refractivity contribution in [2.24, 2.45) is 0 Å². The van der Waals surface area contributed by atoms with Crippen LogP contribution >= 0.6 is 0 Å². The summed E-state index contributed by atoms with van der Waals surface area (Å²) in [6, 6.07) is 1.95. The first-order chi connectivity index (χ1) is 9.97. The highest BCUT2D eigenvalue weighted by atomic mass is 19.2. The summed E-state index contributed by atoms with van der Waals surface area (Å²) in [5.41, 5.74) is 1.07. The Hall–Kier alpha value is -1.89. The maximum atomic E-state index is 13.8. The maximum absolute atomic E-state index is 13.8. The van der Waals surface area contributed by atoms with Gasteiger partial charge in [0.05, 0.1) is 11.7 Å². The Balaban J connectivity index is 2.39. The van der Waals surface area contributed by atoms with E-state index in [1.165, 1.54) is 4.68 Å². The third-order valence-corrected chi connectivity index (χ3v) is 3.28. The van der Waals surface area contributed by atoms with Gasteiger partial charge in [-0.25, -0.2) is 17.9 Å². The van der Waals surface area contributed by atoms with Crippen molar-refractivity contribution in [1.29, 1.82) is 0 Å². The number of hydrogen-bond donors (Lipinski definition) is 1. The Morgan fingerprint density at radius 1 is 1.24 bits per heavy atom. The van der Waals surface area contributed by atoms with Crippen molar-refractivity contribution in [2.75, 3.05) is 6.54 Å². The largest absolute Gasteiger partial charge is 0.309 e. The number of nitrogens with zero attached hydrogens (tertiary/aromatic N) is 3. The number of halogens is 3. The van der Waals surface area contributed by atoms with Crippen LogP contribution in [0.25, 0.3) is 5.69 Å². The molecule has 21 heavy (non-hydrogen) atoms. The highest BCUT2D eigenvalue weighted by molar-refractivity contribution is 5.36. The van der Waals surface area contributed by atoms with Crippen LogP contribution in [0.2, 0.25) is 0 Å². The number of rotatable bonds is 5. The van der Waals surface area contributed by atoms with Gasteiger partial charge in [-0.1, -0.05) is 12.1 Å². The second-order valence-electron chi connectivity index (χ2n) is 4.84. The van der Waals surface area contributed by atoms with Crippen LogP contribution in [0.1, 0.15) is 37.7 Å². The van der Waals surface area contributed by atoms with Crippen molar-refractivity contribution in [2.45, 2.75) is 33.2 Å². The standard InChI is InChI=1S/C14H17F3N4/c1-4-7-18-8(2)14-9(3)21(20-19-14)11-6-5-10(15)12(16)13(11)17/h5-6,8,18H,4,7H2,1-3H3. The van der Waals surface area contributed by atoms with Crippen LogP contribution in [0.3, 0.4) is 0 Å². The molecule has 2 aromatic rings. The Morgan fingerprint density at radius 3 is 2.62 bits per heavy atom. The highest BCUT2D eigenvalue weighted by Crippen LogP contribution is 2.22. The molecule has 0 saturated carbocycles. The van der Waals surface area contributed by atoms with E-state index in [9.17, 15) is 13.2 Å². The van der Waals surface area contributed by atoms with E-state index in [4.69, 9.17) is 0 Å². The lowest BCUT2D eigenvalue weighted by atomic mass is 10.2. The molecule has 0 saturated heterocycles. The van der Waals surface area contributed by atoms with Gasteiger partial charge in [0.15, 0.2) is 17.5 Å². The number of hydrogen-bond acceptors (Lipinski definition) is 3. The molecule has 1 aromatic carbocycles. The van der Waals surface area contributed by atoms with E-state index in [0.717, 1.165) is 25.1 Å². The molecule has 1 atom stereocenters. The van der Waals surface area contributed by atoms with Gasteiger partial charge in [0.2, 0.25) is 0 Å². The van der Waals surface area contributed by atoms with E-state index in [1.807, 2.05) is 13.8 Å². The van der Waals surface area contributed by atoms with Gasteiger partial charge in [0, 0.05) is 0 Å². The first-order valence-electron chi connectivity index (χ1n) is 6.76. The van der Waals surface area contributed by atoms with Gasteiger partial charge in [-0.15, -0.1) is 5.10 Å². The topological polar surface area (TPSA) is 42.7 Å². The minimum Gasteiger partial charge on any atom is -0.309 e. The molecule has 1 N–H and O–H groups in total. The molecule has 2 rings (SSSR count). The lowest BCUT2D eigenvalue weighted by molar-refractivity contribution is 0.442. The normalized spacial score (nSPS) is 12.7. The molecule has 0 bridgehead atoms. The summed E-state index contributed by atoms with van der Waals surface area (Å²) in [5, 5.41) is 11.1. The zero-order chi connectivity index (χ0) is 15.6. The molecule has 7 heteroatoms. The molecular weight excluding hydrogens is 281 g/mol. The molecule has 0 aliphatic carbocycles. The molecule has 1 aromatic heterocycles. The van der Waals surface area contributed by atoms with Crippen LogP contribution < -0.4 is 5.32 Å². The first kappa shape index (κ1) is 15.5. The third kappa shape index (κ3) is 2.92. The van der Waals surface area contributed by atoms with Crippen molar-refractivity contribution in [3.63, 3.8) is 0 Å². The zero-order valence-electron chi connectivity index (χ0n) is 12.1. The quantitative estimate of drug-likeness (QED) is 0.863. The second kappa shape index (κ2) is 6.26. The maximum Gasteiger partial charge on any atom is 0.196 e. The second-order valence-corrected chi connectivity index (χ2v) is 4.84. The van der Waals surface area contributed by atoms with Gasteiger partial charge in [-0.05, 0) is 38.9 Å². The third-order valence-electron chi connectivity index (χ3n) is 3.28. The van der Waals surface area contributed by atoms with Gasteiger partial charge >= 0.3 is 0 Å². The fourth-order valence-corrected chi connectivity index (χ4v) is 2.11. The van der Waals surface area contributed by atoms with Crippen LogP contribution in [0.4, 0.5) is 13.2 Å². The SMILES string of the molecule is CCCNC(C)c1nnn(-c2ccc(F)c(F)c2F)c1C. The lowest BCUT2D eigenvalue weighted by Crippen LogP contribution is -2.20. The van der Waals surface area contributed by atoms with Gasteiger partial charge < -0.3 is 5.32 Å². The van der Waals surface area contributed by atoms with Gasteiger partial charge in [0.25, 0.3) is 0 Å². The molecule has 4 nitrogen and oxygen atoms in total. The molecule has 0 aliphatic rings. The Labute approximate surface area is 121 Å². The summed E-state index contributed by atoms with van der Waals surface area (Å²) < 4.78 is 41.3. The number of nitrogens with one attached hydrogen (secondary N) is 1. The molecule has 1 unspecified atom stereocenters. The van der Waals surface area contributed by atoms with Crippen molar-refractivity contribution >= 4 is 0 Å². The summed E-state index contributed by atoms with van der Waals surface area (Å²) in [5.74, 6) is -4.02. The van der Waals surface area contributed by atoms with Crippen LogP contribution in [0, 0.1) is 24.4 Å². The number of benzene rings is 1. The summed E-state index contributed by atoms with van der Waals surface area (Å²) in [6.45, 7) is 6.48. The van der Waals surface area contributed by atoms with E-state index in [0.29, 0.717) is 11.4 Å². The average Bonchev–Trinajstić information content (AvgIpc) is 2.84. The minimum atomic E-state index is -1.51. The van der Waals surface area contributed by atoms with Gasteiger partial charge in [-0.2, -0.15) is 0 Å². The van der Waals surface area contributed by atoms with E-state index in [-0.39, 0.29) is 11.7 Å². The molecule has 0 radical (unpaired) electrons. The predicted molar refractivity (Wildman–Crippen MR) is 72.7 cm³/mol. The van der Waals surface area contributed by atoms with E-state index < -0.39 is 17.5 Å². The summed E-state index contributed by atoms with van der Waals surface area (Å²) >= 11 is 0. The minimum absolute atomic E-state index is 0.0629. The van der Waals surface area contributed by atoms with Crippen LogP contribution in [-0.4, -0.2) is 21.5 Å².